The third kappa shape index (κ3) is 3.22. The smallest absolute Gasteiger partial charge is 0.300 e. The number of amides is 1. The maximum atomic E-state index is 14.8. The van der Waals surface area contributed by atoms with Crippen LogP contribution in [-0.4, -0.2) is 23.9 Å². The van der Waals surface area contributed by atoms with Gasteiger partial charge in [-0.25, -0.2) is 4.39 Å². The number of ketones is 1. The molecule has 6 heteroatoms. The van der Waals surface area contributed by atoms with E-state index in [0.29, 0.717) is 17.0 Å². The lowest BCUT2D eigenvalue weighted by Crippen LogP contribution is -2.29. The average molecular weight is 403 g/mol. The number of aliphatic hydroxyl groups is 1. The molecule has 1 aliphatic rings. The molecule has 0 bridgehead atoms. The topological polar surface area (TPSA) is 66.8 Å². The molecule has 0 aliphatic carbocycles. The van der Waals surface area contributed by atoms with Crippen LogP contribution in [0.25, 0.3) is 5.76 Å². The summed E-state index contributed by atoms with van der Waals surface area (Å²) >= 11 is 0. The van der Waals surface area contributed by atoms with Gasteiger partial charge in [-0.1, -0.05) is 54.6 Å². The van der Waals surface area contributed by atoms with Gasteiger partial charge in [0, 0.05) is 22.9 Å². The highest BCUT2D eigenvalue weighted by Gasteiger charge is 2.47. The number of hydrogen-bond acceptors (Lipinski definition) is 4. The van der Waals surface area contributed by atoms with Crippen molar-refractivity contribution in [2.45, 2.75) is 6.04 Å². The van der Waals surface area contributed by atoms with Crippen molar-refractivity contribution in [1.82, 2.24) is 0 Å². The lowest BCUT2D eigenvalue weighted by Gasteiger charge is -2.26. The Morgan fingerprint density at radius 1 is 0.967 bits per heavy atom. The highest BCUT2D eigenvalue weighted by Crippen LogP contribution is 2.43. The summed E-state index contributed by atoms with van der Waals surface area (Å²) in [7, 11) is 1.48. The van der Waals surface area contributed by atoms with E-state index in [4.69, 9.17) is 4.74 Å². The second-order valence-corrected chi connectivity index (χ2v) is 6.76. The predicted octanol–water partition coefficient (Wildman–Crippen LogP) is 4.46. The van der Waals surface area contributed by atoms with E-state index in [-0.39, 0.29) is 16.9 Å². The molecule has 5 nitrogen and oxygen atoms in total. The largest absolute Gasteiger partial charge is 0.507 e. The predicted molar refractivity (Wildman–Crippen MR) is 111 cm³/mol. The molecule has 1 N–H and O–H groups in total. The highest BCUT2D eigenvalue weighted by atomic mass is 19.1. The quantitative estimate of drug-likeness (QED) is 0.397. The number of ether oxygens (including phenoxy) is 1. The van der Waals surface area contributed by atoms with E-state index in [2.05, 4.69) is 0 Å². The highest BCUT2D eigenvalue weighted by molar-refractivity contribution is 6.51. The zero-order valence-corrected chi connectivity index (χ0v) is 16.1. The number of rotatable bonds is 4. The summed E-state index contributed by atoms with van der Waals surface area (Å²) in [5.41, 5.74) is 0.662. The second-order valence-electron chi connectivity index (χ2n) is 6.76. The zero-order chi connectivity index (χ0) is 21.3. The molecule has 1 amide bonds. The number of anilines is 1. The molecular weight excluding hydrogens is 385 g/mol. The van der Waals surface area contributed by atoms with Crippen LogP contribution in [0.4, 0.5) is 10.1 Å². The summed E-state index contributed by atoms with van der Waals surface area (Å²) in [5.74, 6) is -2.20. The summed E-state index contributed by atoms with van der Waals surface area (Å²) in [6, 6.07) is 19.7. The number of aliphatic hydroxyl groups excluding tert-OH is 1. The second kappa shape index (κ2) is 7.83. The van der Waals surface area contributed by atoms with Gasteiger partial charge in [-0.3, -0.25) is 14.5 Å². The third-order valence-electron chi connectivity index (χ3n) is 5.02. The van der Waals surface area contributed by atoms with Crippen molar-refractivity contribution in [3.05, 3.63) is 101 Å². The molecule has 0 radical (unpaired) electrons. The fraction of sp³-hybridized carbons (Fsp3) is 0.0833. The molecule has 1 unspecified atom stereocenters. The molecule has 0 saturated carbocycles. The van der Waals surface area contributed by atoms with Gasteiger partial charge in [0.25, 0.3) is 11.7 Å². The molecule has 1 aliphatic heterocycles. The van der Waals surface area contributed by atoms with Crippen molar-refractivity contribution >= 4 is 23.1 Å². The van der Waals surface area contributed by atoms with Crippen molar-refractivity contribution in [2.75, 3.05) is 12.0 Å². The minimum atomic E-state index is -1.13. The van der Waals surface area contributed by atoms with Gasteiger partial charge >= 0.3 is 0 Å². The molecule has 3 aromatic rings. The molecule has 1 atom stereocenters. The normalized spacial score (nSPS) is 17.9. The summed E-state index contributed by atoms with van der Waals surface area (Å²) in [6.07, 6.45) is 0. The first-order valence-electron chi connectivity index (χ1n) is 9.28. The van der Waals surface area contributed by atoms with Gasteiger partial charge in [0.05, 0.1) is 18.7 Å². The van der Waals surface area contributed by atoms with E-state index in [1.54, 1.807) is 60.7 Å². The Hall–Kier alpha value is -3.93. The summed E-state index contributed by atoms with van der Waals surface area (Å²) < 4.78 is 20.0. The van der Waals surface area contributed by atoms with E-state index in [1.807, 2.05) is 0 Å². The van der Waals surface area contributed by atoms with Crippen molar-refractivity contribution < 1.29 is 23.8 Å². The molecule has 150 valence electrons. The molecule has 3 aromatic carbocycles. The molecular formula is C24H18FNO4. The molecule has 1 heterocycles. The molecule has 30 heavy (non-hydrogen) atoms. The van der Waals surface area contributed by atoms with Crippen LogP contribution in [0, 0.1) is 5.82 Å². The fourth-order valence-electron chi connectivity index (χ4n) is 3.60. The van der Waals surface area contributed by atoms with Crippen LogP contribution < -0.4 is 9.64 Å². The van der Waals surface area contributed by atoms with Crippen LogP contribution in [0.2, 0.25) is 0 Å². The number of carbonyl (C=O) groups excluding carboxylic acids is 2. The minimum Gasteiger partial charge on any atom is -0.507 e. The number of Topliss-reactive ketones (excluding diaryl/α,β-unsaturated/α-hetero) is 1. The number of halogens is 1. The number of methoxy groups -OCH3 is 1. The van der Waals surface area contributed by atoms with E-state index in [9.17, 15) is 19.1 Å². The van der Waals surface area contributed by atoms with Crippen LogP contribution in [0.15, 0.2) is 84.4 Å². The van der Waals surface area contributed by atoms with Gasteiger partial charge in [0.15, 0.2) is 0 Å². The van der Waals surface area contributed by atoms with Crippen LogP contribution in [-0.2, 0) is 9.59 Å². The lowest BCUT2D eigenvalue weighted by molar-refractivity contribution is -0.132. The lowest BCUT2D eigenvalue weighted by atomic mass is 9.94. The summed E-state index contributed by atoms with van der Waals surface area (Å²) in [5, 5.41) is 10.9. The first-order valence-corrected chi connectivity index (χ1v) is 9.28. The standard InChI is InChI=1S/C24H18FNO4/c1-30-17-11-7-10-16(14-17)26-21(18-12-5-6-13-19(18)25)20(23(28)24(26)29)22(27)15-8-3-2-4-9-15/h2-14,21,27H,1H3. The van der Waals surface area contributed by atoms with Gasteiger partial charge in [0.2, 0.25) is 0 Å². The van der Waals surface area contributed by atoms with E-state index >= 15 is 0 Å². The first-order chi connectivity index (χ1) is 14.5. The SMILES string of the molecule is COc1cccc(N2C(=O)C(=O)C(=C(O)c3ccccc3)C2c2ccccc2F)c1. The Bertz CT molecular complexity index is 1160. The molecule has 4 rings (SSSR count). The van der Waals surface area contributed by atoms with E-state index in [0.717, 1.165) is 0 Å². The Morgan fingerprint density at radius 2 is 1.67 bits per heavy atom. The van der Waals surface area contributed by atoms with Crippen LogP contribution in [0.5, 0.6) is 5.75 Å². The Kier molecular flexibility index (Phi) is 5.06. The third-order valence-corrected chi connectivity index (χ3v) is 5.02. The molecule has 1 saturated heterocycles. The van der Waals surface area contributed by atoms with Crippen LogP contribution in [0.3, 0.4) is 0 Å². The summed E-state index contributed by atoms with van der Waals surface area (Å²) in [6.45, 7) is 0. The first kappa shape index (κ1) is 19.4. The van der Waals surface area contributed by atoms with Gasteiger partial charge in [0.1, 0.15) is 17.3 Å². The van der Waals surface area contributed by atoms with Gasteiger partial charge in [-0.15, -0.1) is 0 Å². The van der Waals surface area contributed by atoms with Gasteiger partial charge in [-0.05, 0) is 18.2 Å². The number of carbonyl (C=O) groups is 2. The number of nitrogens with zero attached hydrogens (tertiary/aromatic N) is 1. The molecule has 0 spiro atoms. The van der Waals surface area contributed by atoms with Crippen molar-refractivity contribution in [3.8, 4) is 5.75 Å². The zero-order valence-electron chi connectivity index (χ0n) is 16.1. The maximum Gasteiger partial charge on any atom is 0.300 e. The van der Waals surface area contributed by atoms with Crippen molar-refractivity contribution in [3.63, 3.8) is 0 Å². The van der Waals surface area contributed by atoms with Gasteiger partial charge < -0.3 is 9.84 Å². The molecule has 0 aromatic heterocycles. The van der Waals surface area contributed by atoms with E-state index in [1.165, 1.54) is 30.2 Å². The Morgan fingerprint density at radius 3 is 2.37 bits per heavy atom. The molecule has 1 fully saturated rings. The van der Waals surface area contributed by atoms with Crippen molar-refractivity contribution in [2.24, 2.45) is 0 Å². The van der Waals surface area contributed by atoms with Crippen LogP contribution in [0.1, 0.15) is 17.2 Å². The van der Waals surface area contributed by atoms with Crippen molar-refractivity contribution in [1.29, 1.82) is 0 Å². The average Bonchev–Trinajstić information content (AvgIpc) is 3.04. The number of hydrogen-bond donors (Lipinski definition) is 1. The number of benzene rings is 3. The Labute approximate surface area is 172 Å². The van der Waals surface area contributed by atoms with Crippen LogP contribution >= 0.6 is 0 Å². The van der Waals surface area contributed by atoms with Gasteiger partial charge in [-0.2, -0.15) is 0 Å². The monoisotopic (exact) mass is 403 g/mol. The van der Waals surface area contributed by atoms with E-state index < -0.39 is 23.5 Å². The Balaban J connectivity index is 1.98. The fourth-order valence-corrected chi connectivity index (χ4v) is 3.60. The minimum absolute atomic E-state index is 0.108. The maximum absolute atomic E-state index is 14.8. The summed E-state index contributed by atoms with van der Waals surface area (Å²) in [4.78, 5) is 27.2.